The zero-order valence-corrected chi connectivity index (χ0v) is 24.6. The Morgan fingerprint density at radius 1 is 1.13 bits per heavy atom. The molecule has 0 aromatic rings. The van der Waals surface area contributed by atoms with Crippen molar-refractivity contribution in [3.8, 4) is 0 Å². The van der Waals surface area contributed by atoms with Gasteiger partial charge in [0.15, 0.2) is 16.6 Å². The van der Waals surface area contributed by atoms with Gasteiger partial charge >= 0.3 is 0 Å². The summed E-state index contributed by atoms with van der Waals surface area (Å²) in [6.07, 6.45) is 9.35. The van der Waals surface area contributed by atoms with Gasteiger partial charge in [0.2, 0.25) is 5.91 Å². The maximum Gasteiger partial charge on any atom is 0.245 e. The van der Waals surface area contributed by atoms with Crippen LogP contribution in [0.2, 0.25) is 31.7 Å². The fourth-order valence-electron chi connectivity index (χ4n) is 5.42. The van der Waals surface area contributed by atoms with Crippen LogP contribution in [0.4, 0.5) is 0 Å². The molecule has 0 aliphatic rings. The average molecular weight is 471 g/mol. The van der Waals surface area contributed by atoms with E-state index in [1.165, 1.54) is 18.9 Å². The molecule has 1 amide bonds. The number of likely N-dealkylation sites (N-methyl/N-ethyl adjacent to an activating group) is 1. The number of rotatable bonds is 17. The normalized spacial score (nSPS) is 14.9. The number of carbonyl (C=O) groups excluding carboxylic acids is 1. The van der Waals surface area contributed by atoms with Crippen LogP contribution in [-0.2, 0) is 9.22 Å². The third-order valence-corrected chi connectivity index (χ3v) is 15.7. The summed E-state index contributed by atoms with van der Waals surface area (Å²) in [7, 11) is -1.85. The quantitative estimate of drug-likeness (QED) is 0.145. The van der Waals surface area contributed by atoms with Gasteiger partial charge in [-0.3, -0.25) is 4.79 Å². The van der Waals surface area contributed by atoms with E-state index in [9.17, 15) is 4.79 Å². The molecule has 0 fully saturated rings. The Bertz CT molecular complexity index is 534. The Hall–Kier alpha value is -0.436. The van der Waals surface area contributed by atoms with Gasteiger partial charge in [-0.1, -0.05) is 67.1 Å². The van der Waals surface area contributed by atoms with E-state index >= 15 is 0 Å². The maximum atomic E-state index is 11.7. The van der Waals surface area contributed by atoms with Crippen molar-refractivity contribution in [1.29, 1.82) is 0 Å². The van der Waals surface area contributed by atoms with Crippen LogP contribution in [0.15, 0.2) is 12.7 Å². The smallest absolute Gasteiger partial charge is 0.245 e. The van der Waals surface area contributed by atoms with E-state index in [4.69, 9.17) is 4.43 Å². The first kappa shape index (κ1) is 30.6. The number of amides is 1. The van der Waals surface area contributed by atoms with Crippen molar-refractivity contribution in [1.82, 2.24) is 9.88 Å². The van der Waals surface area contributed by atoms with E-state index in [-0.39, 0.29) is 11.1 Å². The summed E-state index contributed by atoms with van der Waals surface area (Å²) >= 11 is 0. The zero-order chi connectivity index (χ0) is 24.3. The van der Waals surface area contributed by atoms with E-state index in [0.717, 1.165) is 45.2 Å². The number of hydrogen-bond donors (Lipinski definition) is 1. The maximum absolute atomic E-state index is 11.7. The van der Waals surface area contributed by atoms with Crippen molar-refractivity contribution in [3.05, 3.63) is 12.7 Å². The second-order valence-electron chi connectivity index (χ2n) is 10.4. The number of nitrogens with zero attached hydrogens (tertiary/aromatic N) is 1. The van der Waals surface area contributed by atoms with Crippen LogP contribution < -0.4 is 4.98 Å². The molecule has 0 bridgehead atoms. The standard InChI is InChI=1S/C25H54N2O2Si2/c1-12-17-20-26-31(10,11)25(15-4,16-5)29-30(8,9)23(13-2)22(6)19-18-21-27(7)24(28)14-3/h14,22-23,26H,3,12-13,15-21H2,1-2,4-11H3. The van der Waals surface area contributed by atoms with Crippen LogP contribution >= 0.6 is 0 Å². The second kappa shape index (κ2) is 14.0. The minimum Gasteiger partial charge on any atom is -0.413 e. The fraction of sp³-hybridized carbons (Fsp3) is 0.880. The summed E-state index contributed by atoms with van der Waals surface area (Å²) < 4.78 is 7.34. The monoisotopic (exact) mass is 470 g/mol. The molecular formula is C25H54N2O2Si2. The van der Waals surface area contributed by atoms with Gasteiger partial charge in [0.05, 0.1) is 5.22 Å². The van der Waals surface area contributed by atoms with E-state index in [0.29, 0.717) is 11.5 Å². The van der Waals surface area contributed by atoms with Crippen LogP contribution in [0.3, 0.4) is 0 Å². The molecule has 0 aromatic carbocycles. The van der Waals surface area contributed by atoms with Gasteiger partial charge in [-0.2, -0.15) is 0 Å². The highest BCUT2D eigenvalue weighted by Gasteiger charge is 2.50. The minimum absolute atomic E-state index is 0.0103. The molecule has 1 N–H and O–H groups in total. The largest absolute Gasteiger partial charge is 0.413 e. The number of carbonyl (C=O) groups is 1. The molecule has 0 spiro atoms. The summed E-state index contributed by atoms with van der Waals surface area (Å²) in [6, 6.07) is 0. The molecular weight excluding hydrogens is 416 g/mol. The summed E-state index contributed by atoms with van der Waals surface area (Å²) in [6.45, 7) is 26.9. The highest BCUT2D eigenvalue weighted by atomic mass is 28.4. The van der Waals surface area contributed by atoms with Crippen molar-refractivity contribution >= 4 is 22.5 Å². The first-order valence-corrected chi connectivity index (χ1v) is 18.7. The van der Waals surface area contributed by atoms with Gasteiger partial charge in [0.25, 0.3) is 0 Å². The fourth-order valence-corrected chi connectivity index (χ4v) is 14.1. The minimum atomic E-state index is -1.94. The van der Waals surface area contributed by atoms with Crippen LogP contribution in [0.5, 0.6) is 0 Å². The molecule has 0 aromatic heterocycles. The van der Waals surface area contributed by atoms with Crippen LogP contribution in [0.1, 0.15) is 79.6 Å². The number of hydrogen-bond acceptors (Lipinski definition) is 3. The highest BCUT2D eigenvalue weighted by Crippen LogP contribution is 2.42. The van der Waals surface area contributed by atoms with Gasteiger partial charge in [-0.25, -0.2) is 0 Å². The van der Waals surface area contributed by atoms with E-state index < -0.39 is 16.6 Å². The summed E-state index contributed by atoms with van der Waals surface area (Å²) in [5, 5.41) is -0.0137. The predicted octanol–water partition coefficient (Wildman–Crippen LogP) is 6.74. The predicted molar refractivity (Wildman–Crippen MR) is 143 cm³/mol. The number of nitrogens with one attached hydrogen (secondary N) is 1. The molecule has 0 radical (unpaired) electrons. The SMILES string of the molecule is C=CC(=O)N(C)CCCC(C)C(CC)[Si](C)(C)OC(CC)(CC)[Si](C)(C)NCCCC. The molecule has 0 rings (SSSR count). The molecule has 0 saturated heterocycles. The van der Waals surface area contributed by atoms with Gasteiger partial charge in [-0.05, 0) is 69.3 Å². The molecule has 184 valence electrons. The second-order valence-corrected chi connectivity index (χ2v) is 19.1. The van der Waals surface area contributed by atoms with Crippen molar-refractivity contribution in [2.75, 3.05) is 20.1 Å². The van der Waals surface area contributed by atoms with Crippen LogP contribution in [-0.4, -0.2) is 52.7 Å². The van der Waals surface area contributed by atoms with Crippen molar-refractivity contribution in [2.45, 2.75) is 117 Å². The molecule has 0 aliphatic heterocycles. The average Bonchev–Trinajstić information content (AvgIpc) is 2.71. The third kappa shape index (κ3) is 8.79. The summed E-state index contributed by atoms with van der Waals surface area (Å²) in [4.78, 5) is 17.5. The van der Waals surface area contributed by atoms with Crippen molar-refractivity contribution in [3.63, 3.8) is 0 Å². The Labute approximate surface area is 196 Å². The lowest BCUT2D eigenvalue weighted by atomic mass is 9.99. The van der Waals surface area contributed by atoms with Crippen LogP contribution in [0.25, 0.3) is 0 Å². The lowest BCUT2D eigenvalue weighted by molar-refractivity contribution is -0.124. The lowest BCUT2D eigenvalue weighted by Gasteiger charge is -2.51. The number of unbranched alkanes of at least 4 members (excludes halogenated alkanes) is 1. The molecule has 2 atom stereocenters. The molecule has 2 unspecified atom stereocenters. The first-order valence-electron chi connectivity index (χ1n) is 12.7. The van der Waals surface area contributed by atoms with Crippen molar-refractivity contribution in [2.24, 2.45) is 5.92 Å². The molecule has 0 saturated carbocycles. The van der Waals surface area contributed by atoms with Gasteiger partial charge in [0, 0.05) is 13.6 Å². The topological polar surface area (TPSA) is 41.6 Å². The molecule has 0 heterocycles. The third-order valence-electron chi connectivity index (χ3n) is 7.56. The Morgan fingerprint density at radius 3 is 2.16 bits per heavy atom. The Morgan fingerprint density at radius 2 is 1.71 bits per heavy atom. The molecule has 0 aliphatic carbocycles. The Kier molecular flexibility index (Phi) is 13.8. The lowest BCUT2D eigenvalue weighted by Crippen LogP contribution is -2.68. The van der Waals surface area contributed by atoms with Gasteiger partial charge in [0.1, 0.15) is 0 Å². The Balaban J connectivity index is 5.36. The molecule has 6 heteroatoms. The summed E-state index contributed by atoms with van der Waals surface area (Å²) in [5.41, 5.74) is 0.617. The zero-order valence-electron chi connectivity index (χ0n) is 22.6. The molecule has 4 nitrogen and oxygen atoms in total. The van der Waals surface area contributed by atoms with Crippen LogP contribution in [0, 0.1) is 5.92 Å². The van der Waals surface area contributed by atoms with Gasteiger partial charge in [-0.15, -0.1) is 0 Å². The van der Waals surface area contributed by atoms with E-state index in [1.807, 2.05) is 7.05 Å². The van der Waals surface area contributed by atoms with E-state index in [2.05, 4.69) is 72.4 Å². The highest BCUT2D eigenvalue weighted by molar-refractivity contribution is 6.80. The van der Waals surface area contributed by atoms with Gasteiger partial charge < -0.3 is 14.3 Å². The van der Waals surface area contributed by atoms with E-state index in [1.54, 1.807) is 4.90 Å². The molecule has 31 heavy (non-hydrogen) atoms. The summed E-state index contributed by atoms with van der Waals surface area (Å²) in [5.74, 6) is 0.610. The first-order chi connectivity index (χ1) is 14.4. The van der Waals surface area contributed by atoms with Crippen molar-refractivity contribution < 1.29 is 9.22 Å².